The van der Waals surface area contributed by atoms with Crippen LogP contribution < -0.4 is 5.73 Å². The van der Waals surface area contributed by atoms with Crippen molar-refractivity contribution in [2.75, 3.05) is 6.54 Å². The van der Waals surface area contributed by atoms with Crippen molar-refractivity contribution in [3.8, 4) is 0 Å². The maximum Gasteiger partial charge on any atom is -0.000835 e. The van der Waals surface area contributed by atoms with E-state index in [-0.39, 0.29) is 0 Å². The molecule has 0 bridgehead atoms. The van der Waals surface area contributed by atoms with Crippen molar-refractivity contribution >= 4 is 0 Å². The van der Waals surface area contributed by atoms with Crippen molar-refractivity contribution in [2.45, 2.75) is 65.7 Å². The first-order chi connectivity index (χ1) is 8.24. The molecule has 1 atom stereocenters. The third-order valence-corrected chi connectivity index (χ3v) is 4.07. The number of rotatable bonds is 7. The van der Waals surface area contributed by atoms with E-state index in [2.05, 4.69) is 26.8 Å². The standard InChI is InChI=1S/C16H29N/c1-4-6-7-9-15-10-8-11-16(13(15)3)14(5-2)12-17/h11,14H,4-10,12,17H2,1-3H3. The Bertz CT molecular complexity index is 282. The molecule has 0 aromatic carbocycles. The summed E-state index contributed by atoms with van der Waals surface area (Å²) in [5.41, 5.74) is 10.7. The molecule has 0 fully saturated rings. The number of hydrogen-bond acceptors (Lipinski definition) is 1. The first-order valence-corrected chi connectivity index (χ1v) is 7.33. The van der Waals surface area contributed by atoms with E-state index in [9.17, 15) is 0 Å². The van der Waals surface area contributed by atoms with Gasteiger partial charge in [-0.1, -0.05) is 38.3 Å². The third kappa shape index (κ3) is 3.99. The topological polar surface area (TPSA) is 26.0 Å². The van der Waals surface area contributed by atoms with Gasteiger partial charge < -0.3 is 5.73 Å². The minimum atomic E-state index is 0.580. The van der Waals surface area contributed by atoms with Crippen LogP contribution in [0.5, 0.6) is 0 Å². The molecule has 17 heavy (non-hydrogen) atoms. The summed E-state index contributed by atoms with van der Waals surface area (Å²) < 4.78 is 0. The van der Waals surface area contributed by atoms with Crippen LogP contribution in [0.2, 0.25) is 0 Å². The summed E-state index contributed by atoms with van der Waals surface area (Å²) >= 11 is 0. The van der Waals surface area contributed by atoms with E-state index in [0.29, 0.717) is 5.92 Å². The van der Waals surface area contributed by atoms with Crippen molar-refractivity contribution in [2.24, 2.45) is 11.7 Å². The molecule has 0 saturated heterocycles. The Morgan fingerprint density at radius 3 is 2.65 bits per heavy atom. The maximum atomic E-state index is 5.88. The summed E-state index contributed by atoms with van der Waals surface area (Å²) in [4.78, 5) is 0. The molecule has 0 amide bonds. The zero-order chi connectivity index (χ0) is 12.7. The minimum absolute atomic E-state index is 0.580. The smallest absolute Gasteiger partial charge is 0.000835 e. The third-order valence-electron chi connectivity index (χ3n) is 4.07. The molecule has 1 heteroatoms. The quantitative estimate of drug-likeness (QED) is 0.642. The van der Waals surface area contributed by atoms with E-state index in [1.165, 1.54) is 44.9 Å². The molecule has 1 aliphatic rings. The molecule has 0 heterocycles. The maximum absolute atomic E-state index is 5.88. The Hall–Kier alpha value is -0.560. The first kappa shape index (κ1) is 14.5. The van der Waals surface area contributed by atoms with Crippen LogP contribution in [0.3, 0.4) is 0 Å². The fraction of sp³-hybridized carbons (Fsp3) is 0.750. The molecule has 1 unspecified atom stereocenters. The first-order valence-electron chi connectivity index (χ1n) is 7.33. The second kappa shape index (κ2) is 7.71. The molecule has 0 saturated carbocycles. The molecule has 0 aromatic heterocycles. The summed E-state index contributed by atoms with van der Waals surface area (Å²) in [6.45, 7) is 7.62. The normalized spacial score (nSPS) is 18.2. The molecule has 0 aliphatic heterocycles. The van der Waals surface area contributed by atoms with Crippen LogP contribution in [-0.4, -0.2) is 6.54 Å². The molecule has 2 N–H and O–H groups in total. The molecule has 0 radical (unpaired) electrons. The Balaban J connectivity index is 2.69. The Kier molecular flexibility index (Phi) is 6.57. The van der Waals surface area contributed by atoms with Crippen molar-refractivity contribution in [1.82, 2.24) is 0 Å². The fourth-order valence-electron chi connectivity index (χ4n) is 2.83. The van der Waals surface area contributed by atoms with Crippen LogP contribution in [0.15, 0.2) is 22.8 Å². The van der Waals surface area contributed by atoms with Gasteiger partial charge in [0, 0.05) is 0 Å². The summed E-state index contributed by atoms with van der Waals surface area (Å²) in [5.74, 6) is 0.580. The summed E-state index contributed by atoms with van der Waals surface area (Å²) in [5, 5.41) is 0. The highest BCUT2D eigenvalue weighted by molar-refractivity contribution is 5.38. The molecule has 0 aromatic rings. The average molecular weight is 235 g/mol. The summed E-state index contributed by atoms with van der Waals surface area (Å²) in [6.07, 6.45) is 11.4. The number of hydrogen-bond donors (Lipinski definition) is 1. The summed E-state index contributed by atoms with van der Waals surface area (Å²) in [7, 11) is 0. The second-order valence-electron chi connectivity index (χ2n) is 5.22. The minimum Gasteiger partial charge on any atom is -0.330 e. The van der Waals surface area contributed by atoms with E-state index >= 15 is 0 Å². The molecular formula is C16H29N. The van der Waals surface area contributed by atoms with Gasteiger partial charge in [0.15, 0.2) is 0 Å². The van der Waals surface area contributed by atoms with Gasteiger partial charge in [-0.25, -0.2) is 0 Å². The molecule has 98 valence electrons. The Labute approximate surface area is 107 Å². The number of allylic oxidation sites excluding steroid dienone is 3. The lowest BCUT2D eigenvalue weighted by Crippen LogP contribution is -2.18. The lowest BCUT2D eigenvalue weighted by molar-refractivity contribution is 0.593. The average Bonchev–Trinajstić information content (AvgIpc) is 2.35. The molecule has 1 rings (SSSR count). The molecule has 1 aliphatic carbocycles. The van der Waals surface area contributed by atoms with Crippen LogP contribution in [0.4, 0.5) is 0 Å². The monoisotopic (exact) mass is 235 g/mol. The summed E-state index contributed by atoms with van der Waals surface area (Å²) in [6, 6.07) is 0. The predicted octanol–water partition coefficient (Wildman–Crippen LogP) is 4.59. The predicted molar refractivity (Wildman–Crippen MR) is 77.0 cm³/mol. The zero-order valence-electron chi connectivity index (χ0n) is 11.9. The van der Waals surface area contributed by atoms with Gasteiger partial charge in [-0.3, -0.25) is 0 Å². The van der Waals surface area contributed by atoms with Gasteiger partial charge >= 0.3 is 0 Å². The van der Waals surface area contributed by atoms with Crippen molar-refractivity contribution < 1.29 is 0 Å². The highest BCUT2D eigenvalue weighted by Crippen LogP contribution is 2.33. The zero-order valence-corrected chi connectivity index (χ0v) is 11.9. The second-order valence-corrected chi connectivity index (χ2v) is 5.22. The lowest BCUT2D eigenvalue weighted by Gasteiger charge is -2.25. The Morgan fingerprint density at radius 1 is 1.29 bits per heavy atom. The number of unbranched alkanes of at least 4 members (excludes halogenated alkanes) is 2. The van der Waals surface area contributed by atoms with Gasteiger partial charge in [-0.05, 0) is 62.6 Å². The Morgan fingerprint density at radius 2 is 2.06 bits per heavy atom. The molecule has 1 nitrogen and oxygen atoms in total. The van der Waals surface area contributed by atoms with Crippen molar-refractivity contribution in [1.29, 1.82) is 0 Å². The van der Waals surface area contributed by atoms with E-state index in [0.717, 1.165) is 6.54 Å². The fourth-order valence-corrected chi connectivity index (χ4v) is 2.83. The van der Waals surface area contributed by atoms with Gasteiger partial charge in [0.2, 0.25) is 0 Å². The highest BCUT2D eigenvalue weighted by Gasteiger charge is 2.17. The highest BCUT2D eigenvalue weighted by atomic mass is 14.5. The van der Waals surface area contributed by atoms with Gasteiger partial charge in [-0.15, -0.1) is 0 Å². The van der Waals surface area contributed by atoms with Gasteiger partial charge in [-0.2, -0.15) is 0 Å². The van der Waals surface area contributed by atoms with Gasteiger partial charge in [0.25, 0.3) is 0 Å². The van der Waals surface area contributed by atoms with E-state index in [1.54, 1.807) is 16.7 Å². The molecule has 0 spiro atoms. The van der Waals surface area contributed by atoms with Crippen LogP contribution >= 0.6 is 0 Å². The van der Waals surface area contributed by atoms with E-state index in [4.69, 9.17) is 5.73 Å². The van der Waals surface area contributed by atoms with Crippen LogP contribution in [0.1, 0.15) is 65.7 Å². The largest absolute Gasteiger partial charge is 0.330 e. The molecular weight excluding hydrogens is 206 g/mol. The SMILES string of the molecule is CCCCCC1=C(C)C(C(CC)CN)=CCC1. The van der Waals surface area contributed by atoms with Crippen LogP contribution in [-0.2, 0) is 0 Å². The van der Waals surface area contributed by atoms with Crippen molar-refractivity contribution in [3.63, 3.8) is 0 Å². The van der Waals surface area contributed by atoms with Gasteiger partial charge in [0.05, 0.1) is 0 Å². The van der Waals surface area contributed by atoms with E-state index < -0.39 is 0 Å². The van der Waals surface area contributed by atoms with E-state index in [1.807, 2.05) is 0 Å². The van der Waals surface area contributed by atoms with Gasteiger partial charge in [0.1, 0.15) is 0 Å². The van der Waals surface area contributed by atoms with Crippen LogP contribution in [0.25, 0.3) is 0 Å². The van der Waals surface area contributed by atoms with Crippen molar-refractivity contribution in [3.05, 3.63) is 22.8 Å². The lowest BCUT2D eigenvalue weighted by atomic mass is 9.82. The van der Waals surface area contributed by atoms with Crippen LogP contribution in [0, 0.1) is 5.92 Å². The number of nitrogens with two attached hydrogens (primary N) is 1.